The molecule has 1 saturated carbocycles. The first-order valence-corrected chi connectivity index (χ1v) is 7.08. The molecule has 1 aliphatic rings. The third-order valence-corrected chi connectivity index (χ3v) is 3.59. The molecule has 1 rings (SSSR count). The predicted molar refractivity (Wildman–Crippen MR) is 71.9 cm³/mol. The van der Waals surface area contributed by atoms with Gasteiger partial charge in [-0.1, -0.05) is 40.0 Å². The number of carbonyl (C=O) groups excluding carboxylic acids is 1. The van der Waals surface area contributed by atoms with Crippen LogP contribution in [0.15, 0.2) is 0 Å². The van der Waals surface area contributed by atoms with E-state index in [1.54, 1.807) is 0 Å². The summed E-state index contributed by atoms with van der Waals surface area (Å²) in [6, 6.07) is 0.375. The largest absolute Gasteiger partial charge is 0.355 e. The molecule has 3 heteroatoms. The van der Waals surface area contributed by atoms with Crippen LogP contribution in [-0.4, -0.2) is 25.0 Å². The van der Waals surface area contributed by atoms with Crippen LogP contribution in [0.1, 0.15) is 52.9 Å². The Morgan fingerprint density at radius 1 is 1.35 bits per heavy atom. The zero-order valence-corrected chi connectivity index (χ0v) is 11.6. The van der Waals surface area contributed by atoms with Crippen LogP contribution in [-0.2, 0) is 4.79 Å². The van der Waals surface area contributed by atoms with Gasteiger partial charge in [-0.15, -0.1) is 0 Å². The standard InChI is InChI=1S/C14H28N2O/c1-11(2)16-10-14(17)15-8-7-13-6-4-5-12(3)9-13/h11-13,16H,4-10H2,1-3H3,(H,15,17). The van der Waals surface area contributed by atoms with Gasteiger partial charge in [0.25, 0.3) is 0 Å². The van der Waals surface area contributed by atoms with Crippen molar-refractivity contribution >= 4 is 5.91 Å². The molecular weight excluding hydrogens is 212 g/mol. The minimum atomic E-state index is 0.127. The number of hydrogen-bond acceptors (Lipinski definition) is 2. The molecule has 1 aliphatic carbocycles. The molecule has 100 valence electrons. The minimum Gasteiger partial charge on any atom is -0.355 e. The van der Waals surface area contributed by atoms with E-state index in [1.807, 2.05) is 0 Å². The van der Waals surface area contributed by atoms with E-state index in [9.17, 15) is 4.79 Å². The van der Waals surface area contributed by atoms with Crippen molar-refractivity contribution in [1.29, 1.82) is 0 Å². The summed E-state index contributed by atoms with van der Waals surface area (Å²) >= 11 is 0. The molecule has 3 nitrogen and oxygen atoms in total. The molecule has 0 heterocycles. The van der Waals surface area contributed by atoms with Crippen LogP contribution >= 0.6 is 0 Å². The van der Waals surface area contributed by atoms with E-state index in [2.05, 4.69) is 31.4 Å². The second-order valence-electron chi connectivity index (χ2n) is 5.81. The maximum Gasteiger partial charge on any atom is 0.233 e. The summed E-state index contributed by atoms with van der Waals surface area (Å²) in [4.78, 5) is 11.5. The van der Waals surface area contributed by atoms with Crippen LogP contribution < -0.4 is 10.6 Å². The summed E-state index contributed by atoms with van der Waals surface area (Å²) in [5.74, 6) is 1.84. The fourth-order valence-electron chi connectivity index (χ4n) is 2.60. The molecule has 0 aliphatic heterocycles. The lowest BCUT2D eigenvalue weighted by atomic mass is 9.81. The van der Waals surface area contributed by atoms with Crippen molar-refractivity contribution in [2.75, 3.05) is 13.1 Å². The highest BCUT2D eigenvalue weighted by Gasteiger charge is 2.18. The van der Waals surface area contributed by atoms with E-state index in [4.69, 9.17) is 0 Å². The smallest absolute Gasteiger partial charge is 0.233 e. The SMILES string of the molecule is CC1CCCC(CCNC(=O)CNC(C)C)C1. The average molecular weight is 240 g/mol. The molecule has 0 saturated heterocycles. The Bertz CT molecular complexity index is 228. The van der Waals surface area contributed by atoms with Crippen molar-refractivity contribution in [3.05, 3.63) is 0 Å². The lowest BCUT2D eigenvalue weighted by Gasteiger charge is -2.26. The van der Waals surface area contributed by atoms with Crippen molar-refractivity contribution in [3.63, 3.8) is 0 Å². The molecule has 0 radical (unpaired) electrons. The normalized spacial score (nSPS) is 24.9. The highest BCUT2D eigenvalue weighted by Crippen LogP contribution is 2.30. The van der Waals surface area contributed by atoms with Gasteiger partial charge < -0.3 is 10.6 Å². The van der Waals surface area contributed by atoms with Crippen molar-refractivity contribution in [1.82, 2.24) is 10.6 Å². The Kier molecular flexibility index (Phi) is 6.56. The van der Waals surface area contributed by atoms with E-state index in [0.717, 1.165) is 24.8 Å². The van der Waals surface area contributed by atoms with Gasteiger partial charge in [0.1, 0.15) is 0 Å². The van der Waals surface area contributed by atoms with Crippen LogP contribution in [0.25, 0.3) is 0 Å². The summed E-state index contributed by atoms with van der Waals surface area (Å²) in [7, 11) is 0. The van der Waals surface area contributed by atoms with E-state index in [1.165, 1.54) is 25.7 Å². The second kappa shape index (κ2) is 7.70. The highest BCUT2D eigenvalue weighted by molar-refractivity contribution is 5.77. The third kappa shape index (κ3) is 6.67. The number of hydrogen-bond donors (Lipinski definition) is 2. The topological polar surface area (TPSA) is 41.1 Å². The van der Waals surface area contributed by atoms with E-state index >= 15 is 0 Å². The van der Waals surface area contributed by atoms with Gasteiger partial charge in [-0.3, -0.25) is 4.79 Å². The Hall–Kier alpha value is -0.570. The zero-order valence-electron chi connectivity index (χ0n) is 11.6. The Labute approximate surface area is 106 Å². The monoisotopic (exact) mass is 240 g/mol. The molecular formula is C14H28N2O. The third-order valence-electron chi connectivity index (χ3n) is 3.59. The fourth-order valence-corrected chi connectivity index (χ4v) is 2.60. The first-order valence-electron chi connectivity index (χ1n) is 7.08. The quantitative estimate of drug-likeness (QED) is 0.748. The number of nitrogens with one attached hydrogen (secondary N) is 2. The van der Waals surface area contributed by atoms with Crippen molar-refractivity contribution in [3.8, 4) is 0 Å². The average Bonchev–Trinajstić information content (AvgIpc) is 2.26. The van der Waals surface area contributed by atoms with Crippen molar-refractivity contribution < 1.29 is 4.79 Å². The van der Waals surface area contributed by atoms with Gasteiger partial charge in [-0.25, -0.2) is 0 Å². The van der Waals surface area contributed by atoms with Crippen LogP contribution in [0.4, 0.5) is 0 Å². The fraction of sp³-hybridized carbons (Fsp3) is 0.929. The molecule has 1 fully saturated rings. The van der Waals surface area contributed by atoms with Gasteiger partial charge in [-0.05, 0) is 24.7 Å². The summed E-state index contributed by atoms with van der Waals surface area (Å²) < 4.78 is 0. The van der Waals surface area contributed by atoms with Crippen LogP contribution in [0.3, 0.4) is 0 Å². The van der Waals surface area contributed by atoms with Gasteiger partial charge >= 0.3 is 0 Å². The summed E-state index contributed by atoms with van der Waals surface area (Å²) in [5.41, 5.74) is 0. The van der Waals surface area contributed by atoms with E-state index < -0.39 is 0 Å². The van der Waals surface area contributed by atoms with E-state index in [0.29, 0.717) is 12.6 Å². The molecule has 17 heavy (non-hydrogen) atoms. The number of amides is 1. The molecule has 0 spiro atoms. The van der Waals surface area contributed by atoms with Crippen LogP contribution in [0.2, 0.25) is 0 Å². The number of carbonyl (C=O) groups is 1. The summed E-state index contributed by atoms with van der Waals surface area (Å²) in [6.07, 6.45) is 6.61. The maximum absolute atomic E-state index is 11.5. The van der Waals surface area contributed by atoms with Gasteiger partial charge in [0.05, 0.1) is 6.54 Å². The maximum atomic E-state index is 11.5. The Balaban J connectivity index is 2.04. The molecule has 0 aromatic rings. The summed E-state index contributed by atoms with van der Waals surface area (Å²) in [6.45, 7) is 7.74. The van der Waals surface area contributed by atoms with Crippen molar-refractivity contribution in [2.24, 2.45) is 11.8 Å². The lowest BCUT2D eigenvalue weighted by Crippen LogP contribution is -2.37. The molecule has 0 bridgehead atoms. The molecule has 1 amide bonds. The van der Waals surface area contributed by atoms with Gasteiger partial charge in [0.2, 0.25) is 5.91 Å². The van der Waals surface area contributed by atoms with Crippen molar-refractivity contribution in [2.45, 2.75) is 58.9 Å². The molecule has 0 aromatic carbocycles. The molecule has 2 atom stereocenters. The molecule has 2 unspecified atom stereocenters. The lowest BCUT2D eigenvalue weighted by molar-refractivity contribution is -0.120. The van der Waals surface area contributed by atoms with Gasteiger partial charge in [-0.2, -0.15) is 0 Å². The molecule has 0 aromatic heterocycles. The van der Waals surface area contributed by atoms with Crippen LogP contribution in [0, 0.1) is 11.8 Å². The second-order valence-corrected chi connectivity index (χ2v) is 5.81. The number of rotatable bonds is 6. The molecule has 2 N–H and O–H groups in total. The summed E-state index contributed by atoms with van der Waals surface area (Å²) in [5, 5.41) is 6.13. The van der Waals surface area contributed by atoms with Gasteiger partial charge in [0.15, 0.2) is 0 Å². The Morgan fingerprint density at radius 2 is 2.12 bits per heavy atom. The first-order chi connectivity index (χ1) is 8.08. The Morgan fingerprint density at radius 3 is 2.76 bits per heavy atom. The first kappa shape index (κ1) is 14.5. The minimum absolute atomic E-state index is 0.127. The van der Waals surface area contributed by atoms with E-state index in [-0.39, 0.29) is 5.91 Å². The van der Waals surface area contributed by atoms with Crippen LogP contribution in [0.5, 0.6) is 0 Å². The highest BCUT2D eigenvalue weighted by atomic mass is 16.1. The van der Waals surface area contributed by atoms with Gasteiger partial charge in [0, 0.05) is 12.6 Å². The predicted octanol–water partition coefficient (Wildman–Crippen LogP) is 2.32. The zero-order chi connectivity index (χ0) is 12.7.